The summed E-state index contributed by atoms with van der Waals surface area (Å²) in [6.45, 7) is 2.29. The van der Waals surface area contributed by atoms with Crippen LogP contribution in [0, 0.1) is 19.1 Å². The van der Waals surface area contributed by atoms with Crippen LogP contribution < -0.4 is 0 Å². The Morgan fingerprint density at radius 2 is 0.913 bits per heavy atom. The minimum absolute atomic E-state index is 0.953. The Morgan fingerprint density at radius 3 is 1.26 bits per heavy atom. The molecule has 0 aromatic carbocycles. The third-order valence-electron chi connectivity index (χ3n) is 4.55. The van der Waals surface area contributed by atoms with E-state index < -0.39 is 0 Å². The molecule has 0 aliphatic heterocycles. The van der Waals surface area contributed by atoms with Crippen molar-refractivity contribution in [3.05, 3.63) is 7.11 Å². The molecular weight excluding hydrogens is 280 g/mol. The maximum absolute atomic E-state index is 4.46. The van der Waals surface area contributed by atoms with Crippen molar-refractivity contribution in [1.82, 2.24) is 0 Å². The van der Waals surface area contributed by atoms with Crippen molar-refractivity contribution in [2.45, 2.75) is 122 Å². The zero-order valence-corrected chi connectivity index (χ0v) is 15.8. The van der Waals surface area contributed by atoms with E-state index in [1.54, 1.807) is 0 Å². The average Bonchev–Trinajstić information content (AvgIpc) is 2.57. The van der Waals surface area contributed by atoms with Crippen LogP contribution in [0.25, 0.3) is 0 Å². The quantitative estimate of drug-likeness (QED) is 0.196. The molecule has 0 amide bonds. The maximum Gasteiger partial charge on any atom is 0.135 e. The van der Waals surface area contributed by atoms with Gasteiger partial charge in [-0.1, -0.05) is 116 Å². The lowest BCUT2D eigenvalue weighted by Crippen LogP contribution is -1.83. The third-order valence-corrected chi connectivity index (χ3v) is 4.55. The molecule has 0 heterocycles. The van der Waals surface area contributed by atoms with Crippen LogP contribution >= 0.6 is 0 Å². The van der Waals surface area contributed by atoms with Gasteiger partial charge < -0.3 is 4.74 Å². The van der Waals surface area contributed by atoms with Crippen LogP contribution in [-0.2, 0) is 4.74 Å². The highest BCUT2D eigenvalue weighted by molar-refractivity contribution is 4.90. The van der Waals surface area contributed by atoms with Crippen molar-refractivity contribution < 1.29 is 4.74 Å². The summed E-state index contributed by atoms with van der Waals surface area (Å²) in [6, 6.07) is 0. The number of hydrogen-bond acceptors (Lipinski definition) is 1. The van der Waals surface area contributed by atoms with Crippen LogP contribution in [-0.4, -0.2) is 0 Å². The molecule has 1 nitrogen and oxygen atoms in total. The fourth-order valence-corrected chi connectivity index (χ4v) is 3.04. The second-order valence-corrected chi connectivity index (χ2v) is 6.83. The standard InChI is InChI=1S/C22H41O/c1-3-4-5-6-7-8-9-10-11-12-13-14-15-16-17-18-19-20-21-22-23-2/h2-20H2,1H3. The highest BCUT2D eigenvalue weighted by Crippen LogP contribution is 2.14. The molecule has 0 aromatic rings. The fourth-order valence-electron chi connectivity index (χ4n) is 3.04. The van der Waals surface area contributed by atoms with Gasteiger partial charge in [-0.25, -0.2) is 0 Å². The van der Waals surface area contributed by atoms with E-state index in [1.165, 1.54) is 109 Å². The molecule has 0 atom stereocenters. The van der Waals surface area contributed by atoms with E-state index in [2.05, 4.69) is 30.8 Å². The van der Waals surface area contributed by atoms with Gasteiger partial charge in [0.05, 0.1) is 0 Å². The van der Waals surface area contributed by atoms with Gasteiger partial charge in [0.2, 0.25) is 0 Å². The molecule has 0 fully saturated rings. The average molecular weight is 322 g/mol. The van der Waals surface area contributed by atoms with Gasteiger partial charge in [0.15, 0.2) is 0 Å². The molecule has 1 radical (unpaired) electrons. The van der Waals surface area contributed by atoms with Gasteiger partial charge in [0, 0.05) is 6.42 Å². The molecule has 135 valence electrons. The highest BCUT2D eigenvalue weighted by Gasteiger charge is 1.94. The van der Waals surface area contributed by atoms with Crippen molar-refractivity contribution in [1.29, 1.82) is 0 Å². The Kier molecular flexibility index (Phi) is 20.8. The fraction of sp³-hybridized carbons (Fsp3) is 0.864. The molecule has 0 spiro atoms. The van der Waals surface area contributed by atoms with Crippen LogP contribution in [0.15, 0.2) is 0 Å². The minimum Gasteiger partial charge on any atom is -0.443 e. The summed E-state index contributed by atoms with van der Waals surface area (Å²) in [5.74, 6) is 2.95. The van der Waals surface area contributed by atoms with E-state index in [0.29, 0.717) is 0 Å². The van der Waals surface area contributed by atoms with Crippen molar-refractivity contribution >= 4 is 0 Å². The minimum atomic E-state index is 0.953. The Labute approximate surface area is 147 Å². The normalized spacial score (nSPS) is 10.3. The predicted octanol–water partition coefficient (Wildman–Crippen LogP) is 7.80. The molecule has 0 aliphatic rings. The molecule has 1 heteroatoms. The molecule has 0 unspecified atom stereocenters. The number of rotatable bonds is 17. The summed E-state index contributed by atoms with van der Waals surface area (Å²) in [6.07, 6.45) is 27.6. The Morgan fingerprint density at radius 1 is 0.565 bits per heavy atom. The van der Waals surface area contributed by atoms with Crippen molar-refractivity contribution in [2.75, 3.05) is 0 Å². The maximum atomic E-state index is 4.46. The van der Waals surface area contributed by atoms with E-state index >= 15 is 0 Å². The lowest BCUT2D eigenvalue weighted by Gasteiger charge is -2.03. The first-order chi connectivity index (χ1) is 11.4. The lowest BCUT2D eigenvalue weighted by atomic mass is 10.0. The summed E-state index contributed by atoms with van der Waals surface area (Å²) >= 11 is 0. The molecule has 0 saturated heterocycles. The van der Waals surface area contributed by atoms with Crippen molar-refractivity contribution in [3.8, 4) is 12.0 Å². The van der Waals surface area contributed by atoms with Crippen LogP contribution in [0.5, 0.6) is 0 Å². The monoisotopic (exact) mass is 321 g/mol. The molecule has 23 heavy (non-hydrogen) atoms. The van der Waals surface area contributed by atoms with Gasteiger partial charge in [-0.3, -0.25) is 0 Å². The summed E-state index contributed by atoms with van der Waals surface area (Å²) < 4.78 is 4.46. The first-order valence-electron chi connectivity index (χ1n) is 10.3. The highest BCUT2D eigenvalue weighted by atomic mass is 16.5. The van der Waals surface area contributed by atoms with E-state index in [0.717, 1.165) is 6.42 Å². The largest absolute Gasteiger partial charge is 0.443 e. The summed E-state index contributed by atoms with van der Waals surface area (Å²) in [5, 5.41) is 0. The van der Waals surface area contributed by atoms with E-state index in [9.17, 15) is 0 Å². The number of ether oxygens (including phenoxy) is 1. The summed E-state index contributed by atoms with van der Waals surface area (Å²) in [7, 11) is 3.23. The molecule has 0 bridgehead atoms. The summed E-state index contributed by atoms with van der Waals surface area (Å²) in [5.41, 5.74) is 0. The van der Waals surface area contributed by atoms with Crippen molar-refractivity contribution in [3.63, 3.8) is 0 Å². The molecule has 0 aromatic heterocycles. The van der Waals surface area contributed by atoms with Crippen LogP contribution in [0.1, 0.15) is 122 Å². The Hall–Kier alpha value is -0.640. The summed E-state index contributed by atoms with van der Waals surface area (Å²) in [4.78, 5) is 0. The van der Waals surface area contributed by atoms with Gasteiger partial charge in [-0.15, -0.1) is 0 Å². The van der Waals surface area contributed by atoms with Crippen LogP contribution in [0.4, 0.5) is 0 Å². The molecular formula is C22H41O. The molecule has 0 saturated carbocycles. The first-order valence-corrected chi connectivity index (χ1v) is 10.3. The van der Waals surface area contributed by atoms with Crippen molar-refractivity contribution in [2.24, 2.45) is 0 Å². The Balaban J connectivity index is 2.97. The zero-order valence-electron chi connectivity index (χ0n) is 15.8. The second kappa shape index (κ2) is 21.4. The SMILES string of the molecule is [CH2]OC#CCCCCCCCCCCCCCCCCCCC. The van der Waals surface area contributed by atoms with E-state index in [-0.39, 0.29) is 0 Å². The van der Waals surface area contributed by atoms with Gasteiger partial charge >= 0.3 is 0 Å². The third kappa shape index (κ3) is 21.4. The lowest BCUT2D eigenvalue weighted by molar-refractivity contribution is 0.430. The van der Waals surface area contributed by atoms with Gasteiger partial charge in [0.25, 0.3) is 0 Å². The smallest absolute Gasteiger partial charge is 0.135 e. The van der Waals surface area contributed by atoms with Crippen LogP contribution in [0.2, 0.25) is 0 Å². The van der Waals surface area contributed by atoms with E-state index in [4.69, 9.17) is 0 Å². The van der Waals surface area contributed by atoms with Gasteiger partial charge in [0.1, 0.15) is 13.2 Å². The molecule has 0 aliphatic carbocycles. The predicted molar refractivity (Wildman–Crippen MR) is 103 cm³/mol. The van der Waals surface area contributed by atoms with E-state index in [1.807, 2.05) is 0 Å². The van der Waals surface area contributed by atoms with Gasteiger partial charge in [-0.05, 0) is 6.42 Å². The zero-order chi connectivity index (χ0) is 16.8. The second-order valence-electron chi connectivity index (χ2n) is 6.83. The topological polar surface area (TPSA) is 9.23 Å². The first kappa shape index (κ1) is 22.4. The molecule has 0 rings (SSSR count). The number of hydrogen-bond donors (Lipinski definition) is 0. The molecule has 0 N–H and O–H groups in total. The number of unbranched alkanes of at least 4 members (excludes halogenated alkanes) is 17. The van der Waals surface area contributed by atoms with Gasteiger partial charge in [-0.2, -0.15) is 0 Å². The Bertz CT molecular complexity index is 261. The van der Waals surface area contributed by atoms with Crippen LogP contribution in [0.3, 0.4) is 0 Å².